The predicted octanol–water partition coefficient (Wildman–Crippen LogP) is 0.0792. The highest BCUT2D eigenvalue weighted by atomic mass is 16.7. The predicted molar refractivity (Wildman–Crippen MR) is 89.7 cm³/mol. The number of rotatable bonds is 6. The zero-order valence-corrected chi connectivity index (χ0v) is 14.0. The molecule has 2 aliphatic heterocycles. The summed E-state index contributed by atoms with van der Waals surface area (Å²) in [5.41, 5.74) is 4.62. The van der Waals surface area contributed by atoms with Crippen LogP contribution in [0, 0.1) is 0 Å². The fourth-order valence-corrected chi connectivity index (χ4v) is 2.40. The second-order valence-corrected chi connectivity index (χ2v) is 5.09. The first-order valence-corrected chi connectivity index (χ1v) is 7.52. The zero-order valence-electron chi connectivity index (χ0n) is 14.0. The van der Waals surface area contributed by atoms with Crippen molar-refractivity contribution in [1.82, 2.24) is 0 Å². The number of ether oxygens (including phenoxy) is 4. The molecule has 0 bridgehead atoms. The SMILES string of the molecule is C=C.C=C/C=C\C(=O)O[C@H]1CO[C@@]2(N)[C@@H]1OC[C@H]2OC(=O)/C=C\C(=O)O. The Kier molecular flexibility index (Phi) is 7.91. The Bertz CT molecular complexity index is 614. The Hall–Kier alpha value is -2.75. The van der Waals surface area contributed by atoms with Crippen molar-refractivity contribution in [1.29, 1.82) is 0 Å². The van der Waals surface area contributed by atoms with Gasteiger partial charge in [0.2, 0.25) is 0 Å². The molecule has 2 fully saturated rings. The highest BCUT2D eigenvalue weighted by Gasteiger charge is 2.61. The fraction of sp³-hybridized carbons (Fsp3) is 0.353. The van der Waals surface area contributed by atoms with Crippen LogP contribution >= 0.6 is 0 Å². The van der Waals surface area contributed by atoms with E-state index in [1.807, 2.05) is 0 Å². The Morgan fingerprint density at radius 1 is 1.12 bits per heavy atom. The van der Waals surface area contributed by atoms with Crippen LogP contribution in [0.4, 0.5) is 0 Å². The molecule has 0 unspecified atom stereocenters. The molecule has 0 saturated carbocycles. The van der Waals surface area contributed by atoms with Crippen molar-refractivity contribution in [3.8, 4) is 0 Å². The minimum Gasteiger partial charge on any atom is -0.478 e. The van der Waals surface area contributed by atoms with Crippen LogP contribution in [0.3, 0.4) is 0 Å². The van der Waals surface area contributed by atoms with Gasteiger partial charge in [-0.05, 0) is 0 Å². The Morgan fingerprint density at radius 2 is 1.77 bits per heavy atom. The van der Waals surface area contributed by atoms with Gasteiger partial charge in [-0.2, -0.15) is 0 Å². The molecule has 0 amide bonds. The molecule has 9 nitrogen and oxygen atoms in total. The maximum atomic E-state index is 11.6. The van der Waals surface area contributed by atoms with Crippen LogP contribution < -0.4 is 5.73 Å². The number of esters is 2. The Labute approximate surface area is 150 Å². The summed E-state index contributed by atoms with van der Waals surface area (Å²) in [4.78, 5) is 33.5. The van der Waals surface area contributed by atoms with Crippen molar-refractivity contribution in [2.45, 2.75) is 24.0 Å². The molecule has 0 aromatic heterocycles. The van der Waals surface area contributed by atoms with Gasteiger partial charge in [0.05, 0.1) is 13.2 Å². The first-order valence-electron chi connectivity index (χ1n) is 7.52. The monoisotopic (exact) mass is 367 g/mol. The van der Waals surface area contributed by atoms with Crippen molar-refractivity contribution in [2.24, 2.45) is 5.73 Å². The van der Waals surface area contributed by atoms with Crippen molar-refractivity contribution < 1.29 is 38.4 Å². The summed E-state index contributed by atoms with van der Waals surface area (Å²) in [6.07, 6.45) is 2.91. The van der Waals surface area contributed by atoms with Crippen LogP contribution in [0.5, 0.6) is 0 Å². The lowest BCUT2D eigenvalue weighted by Gasteiger charge is -2.27. The quantitative estimate of drug-likeness (QED) is 0.289. The Morgan fingerprint density at radius 3 is 2.38 bits per heavy atom. The molecule has 0 radical (unpaired) electrons. The molecule has 26 heavy (non-hydrogen) atoms. The fourth-order valence-electron chi connectivity index (χ4n) is 2.40. The maximum absolute atomic E-state index is 11.6. The lowest BCUT2D eigenvalue weighted by molar-refractivity contribution is -0.156. The van der Waals surface area contributed by atoms with Crippen LogP contribution in [-0.2, 0) is 33.3 Å². The summed E-state index contributed by atoms with van der Waals surface area (Å²) < 4.78 is 21.1. The summed E-state index contributed by atoms with van der Waals surface area (Å²) in [5, 5.41) is 8.48. The number of aliphatic carboxylic acids is 1. The van der Waals surface area contributed by atoms with Gasteiger partial charge in [-0.1, -0.05) is 18.7 Å². The van der Waals surface area contributed by atoms with E-state index in [4.69, 9.17) is 29.8 Å². The number of carboxylic acids is 1. The van der Waals surface area contributed by atoms with Gasteiger partial charge < -0.3 is 24.1 Å². The number of carbonyl (C=O) groups excluding carboxylic acids is 2. The maximum Gasteiger partial charge on any atom is 0.331 e. The van der Waals surface area contributed by atoms with E-state index in [2.05, 4.69) is 19.7 Å². The molecule has 2 rings (SSSR count). The third-order valence-electron chi connectivity index (χ3n) is 3.47. The molecule has 2 saturated heterocycles. The normalized spacial score (nSPS) is 29.7. The molecule has 4 atom stereocenters. The van der Waals surface area contributed by atoms with Gasteiger partial charge in [-0.25, -0.2) is 14.4 Å². The molecule has 9 heteroatoms. The highest BCUT2D eigenvalue weighted by Crippen LogP contribution is 2.36. The standard InChI is InChI=1S/C15H17NO8.C2H4/c1-2-3-4-12(19)23-9-7-22-15(16)10(8-21-14(9)15)24-13(20)6-5-11(17)18;1-2/h2-6,9-10,14H,1,7-8,16H2,(H,17,18);1-2H2/b4-3-,6-5-;/t9-,10+,14+,15+;/m0./s1. The number of nitrogens with two attached hydrogens (primary N) is 1. The molecule has 0 spiro atoms. The summed E-state index contributed by atoms with van der Waals surface area (Å²) in [5.74, 6) is -2.79. The average molecular weight is 367 g/mol. The molecule has 0 aromatic rings. The van der Waals surface area contributed by atoms with Gasteiger partial charge in [-0.15, -0.1) is 13.2 Å². The lowest BCUT2D eigenvalue weighted by atomic mass is 10.0. The molecule has 142 valence electrons. The van der Waals surface area contributed by atoms with Gasteiger partial charge in [0.25, 0.3) is 0 Å². The van der Waals surface area contributed by atoms with Gasteiger partial charge in [0.1, 0.15) is 6.10 Å². The van der Waals surface area contributed by atoms with E-state index in [-0.39, 0.29) is 13.2 Å². The van der Waals surface area contributed by atoms with Crippen LogP contribution in [0.15, 0.2) is 50.1 Å². The minimum atomic E-state index is -1.47. The van der Waals surface area contributed by atoms with Crippen molar-refractivity contribution >= 4 is 17.9 Å². The zero-order chi connectivity index (χ0) is 19.7. The number of hydrogen-bond donors (Lipinski definition) is 2. The first kappa shape index (κ1) is 21.3. The molecule has 0 aromatic carbocycles. The van der Waals surface area contributed by atoms with E-state index >= 15 is 0 Å². The molecule has 3 N–H and O–H groups in total. The number of hydrogen-bond acceptors (Lipinski definition) is 8. The van der Waals surface area contributed by atoms with E-state index < -0.39 is 41.9 Å². The van der Waals surface area contributed by atoms with E-state index in [1.54, 1.807) is 0 Å². The highest BCUT2D eigenvalue weighted by molar-refractivity contribution is 5.90. The van der Waals surface area contributed by atoms with E-state index in [0.29, 0.717) is 6.08 Å². The third kappa shape index (κ3) is 5.12. The molecule has 2 aliphatic rings. The first-order chi connectivity index (χ1) is 12.4. The van der Waals surface area contributed by atoms with Crippen molar-refractivity contribution in [3.05, 3.63) is 50.1 Å². The lowest BCUT2D eigenvalue weighted by Crippen LogP contribution is -2.56. The molecular formula is C17H21NO8. The Balaban J connectivity index is 0.00000163. The summed E-state index contributed by atoms with van der Waals surface area (Å²) >= 11 is 0. The van der Waals surface area contributed by atoms with Gasteiger partial charge in [-0.3, -0.25) is 5.73 Å². The van der Waals surface area contributed by atoms with Crippen LogP contribution in [0.25, 0.3) is 0 Å². The second kappa shape index (κ2) is 9.66. The second-order valence-electron chi connectivity index (χ2n) is 5.09. The summed E-state index contributed by atoms with van der Waals surface area (Å²) in [7, 11) is 0. The number of carbonyl (C=O) groups is 3. The van der Waals surface area contributed by atoms with Crippen LogP contribution in [-0.4, -0.2) is 60.3 Å². The van der Waals surface area contributed by atoms with Gasteiger partial charge >= 0.3 is 17.9 Å². The van der Waals surface area contributed by atoms with Crippen LogP contribution in [0.2, 0.25) is 0 Å². The molecule has 0 aliphatic carbocycles. The molecule has 2 heterocycles. The topological polar surface area (TPSA) is 134 Å². The van der Waals surface area contributed by atoms with Crippen LogP contribution in [0.1, 0.15) is 0 Å². The third-order valence-corrected chi connectivity index (χ3v) is 3.47. The number of allylic oxidation sites excluding steroid dienone is 2. The molecular weight excluding hydrogens is 346 g/mol. The van der Waals surface area contributed by atoms with E-state index in [1.165, 1.54) is 18.2 Å². The van der Waals surface area contributed by atoms with Crippen molar-refractivity contribution in [3.63, 3.8) is 0 Å². The number of fused-ring (bicyclic) bond motifs is 1. The van der Waals surface area contributed by atoms with E-state index in [9.17, 15) is 14.4 Å². The average Bonchev–Trinajstić information content (AvgIpc) is 3.09. The summed E-state index contributed by atoms with van der Waals surface area (Å²) in [6, 6.07) is 0. The minimum absolute atomic E-state index is 0.0200. The largest absolute Gasteiger partial charge is 0.478 e. The van der Waals surface area contributed by atoms with Gasteiger partial charge in [0, 0.05) is 18.2 Å². The van der Waals surface area contributed by atoms with E-state index in [0.717, 1.165) is 6.08 Å². The van der Waals surface area contributed by atoms with Crippen molar-refractivity contribution in [2.75, 3.05) is 13.2 Å². The smallest absolute Gasteiger partial charge is 0.331 e. The summed E-state index contributed by atoms with van der Waals surface area (Å²) in [6.45, 7) is 9.35. The van der Waals surface area contributed by atoms with Gasteiger partial charge in [0.15, 0.2) is 17.9 Å². The number of carboxylic acid groups (broad SMARTS) is 1.